The van der Waals surface area contributed by atoms with E-state index < -0.39 is 0 Å². The zero-order chi connectivity index (χ0) is 13.6. The maximum absolute atomic E-state index is 12.4. The van der Waals surface area contributed by atoms with Crippen LogP contribution in [0.25, 0.3) is 0 Å². The summed E-state index contributed by atoms with van der Waals surface area (Å²) in [5, 5.41) is 0. The second-order valence-corrected chi connectivity index (χ2v) is 5.92. The lowest BCUT2D eigenvalue weighted by molar-refractivity contribution is -0.133. The monoisotopic (exact) mass is 322 g/mol. The molecule has 1 aliphatic carbocycles. The third kappa shape index (κ3) is 2.25. The fourth-order valence-corrected chi connectivity index (χ4v) is 2.96. The Labute approximate surface area is 120 Å². The maximum atomic E-state index is 12.4. The van der Waals surface area contributed by atoms with Crippen molar-refractivity contribution in [2.75, 3.05) is 7.05 Å². The van der Waals surface area contributed by atoms with Crippen LogP contribution in [0.3, 0.4) is 0 Å². The van der Waals surface area contributed by atoms with Gasteiger partial charge in [-0.25, -0.2) is 9.98 Å². The van der Waals surface area contributed by atoms with Gasteiger partial charge < -0.3 is 5.73 Å². The van der Waals surface area contributed by atoms with Crippen molar-refractivity contribution in [1.29, 1.82) is 0 Å². The number of aliphatic imine (C=N–C) groups is 1. The first-order valence-corrected chi connectivity index (χ1v) is 7.09. The SMILES string of the molecule is CN1C(=O)C(C2CC2)C(c2ccnc(Br)c2)N=C1N. The Morgan fingerprint density at radius 1 is 1.47 bits per heavy atom. The van der Waals surface area contributed by atoms with E-state index in [1.807, 2.05) is 12.1 Å². The number of hydrogen-bond donors (Lipinski definition) is 1. The summed E-state index contributed by atoms with van der Waals surface area (Å²) in [5.41, 5.74) is 6.83. The highest BCUT2D eigenvalue weighted by molar-refractivity contribution is 9.10. The first-order valence-electron chi connectivity index (χ1n) is 6.30. The molecule has 1 aliphatic heterocycles. The summed E-state index contributed by atoms with van der Waals surface area (Å²) < 4.78 is 0.750. The highest BCUT2D eigenvalue weighted by Gasteiger charge is 2.46. The van der Waals surface area contributed by atoms with Gasteiger partial charge in [0.1, 0.15) is 4.60 Å². The molecule has 1 aromatic heterocycles. The fraction of sp³-hybridized carbons (Fsp3) is 0.462. The predicted molar refractivity (Wildman–Crippen MR) is 75.3 cm³/mol. The number of guanidine groups is 1. The van der Waals surface area contributed by atoms with Crippen molar-refractivity contribution >= 4 is 27.8 Å². The second kappa shape index (κ2) is 4.59. The summed E-state index contributed by atoms with van der Waals surface area (Å²) in [5.74, 6) is 0.711. The third-order valence-corrected chi connectivity index (χ3v) is 4.23. The predicted octanol–water partition coefficient (Wildman–Crippen LogP) is 1.70. The summed E-state index contributed by atoms with van der Waals surface area (Å²) >= 11 is 3.36. The zero-order valence-corrected chi connectivity index (χ0v) is 12.2. The van der Waals surface area contributed by atoms with Crippen LogP contribution in [0.1, 0.15) is 24.4 Å². The first-order chi connectivity index (χ1) is 9.08. The molecule has 3 rings (SSSR count). The number of carbonyl (C=O) groups is 1. The Hall–Kier alpha value is -1.43. The molecule has 1 fully saturated rings. The van der Waals surface area contributed by atoms with Gasteiger partial charge >= 0.3 is 0 Å². The van der Waals surface area contributed by atoms with Crippen molar-refractivity contribution in [1.82, 2.24) is 9.88 Å². The van der Waals surface area contributed by atoms with Crippen LogP contribution in [0.2, 0.25) is 0 Å². The van der Waals surface area contributed by atoms with E-state index in [-0.39, 0.29) is 17.9 Å². The summed E-state index contributed by atoms with van der Waals surface area (Å²) in [6.45, 7) is 0. The smallest absolute Gasteiger partial charge is 0.234 e. The molecule has 5 nitrogen and oxygen atoms in total. The highest BCUT2D eigenvalue weighted by Crippen LogP contribution is 2.46. The topological polar surface area (TPSA) is 71.6 Å². The lowest BCUT2D eigenvalue weighted by Gasteiger charge is -2.33. The molecule has 2 atom stereocenters. The van der Waals surface area contributed by atoms with Crippen LogP contribution in [0, 0.1) is 11.8 Å². The van der Waals surface area contributed by atoms with Crippen LogP contribution >= 0.6 is 15.9 Å². The van der Waals surface area contributed by atoms with Crippen LogP contribution in [0.5, 0.6) is 0 Å². The number of hydrogen-bond acceptors (Lipinski definition) is 4. The molecule has 19 heavy (non-hydrogen) atoms. The minimum atomic E-state index is -0.185. The minimum Gasteiger partial charge on any atom is -0.369 e. The molecule has 1 saturated carbocycles. The Morgan fingerprint density at radius 3 is 2.84 bits per heavy atom. The van der Waals surface area contributed by atoms with Gasteiger partial charge in [0.05, 0.1) is 12.0 Å². The van der Waals surface area contributed by atoms with E-state index in [1.54, 1.807) is 13.2 Å². The maximum Gasteiger partial charge on any atom is 0.234 e. The van der Waals surface area contributed by atoms with E-state index >= 15 is 0 Å². The molecular formula is C13H15BrN4O. The van der Waals surface area contributed by atoms with Gasteiger partial charge in [-0.2, -0.15) is 0 Å². The zero-order valence-electron chi connectivity index (χ0n) is 10.6. The molecule has 0 radical (unpaired) electrons. The molecule has 0 bridgehead atoms. The Bertz CT molecular complexity index is 555. The van der Waals surface area contributed by atoms with E-state index in [0.29, 0.717) is 11.9 Å². The van der Waals surface area contributed by atoms with Gasteiger partial charge in [0.2, 0.25) is 5.91 Å². The second-order valence-electron chi connectivity index (χ2n) is 5.10. The van der Waals surface area contributed by atoms with E-state index in [2.05, 4.69) is 25.9 Å². The molecule has 0 saturated heterocycles. The van der Waals surface area contributed by atoms with Gasteiger partial charge in [0.25, 0.3) is 0 Å². The number of rotatable bonds is 2. The van der Waals surface area contributed by atoms with E-state index in [0.717, 1.165) is 23.0 Å². The van der Waals surface area contributed by atoms with E-state index in [4.69, 9.17) is 5.73 Å². The molecule has 1 amide bonds. The highest BCUT2D eigenvalue weighted by atomic mass is 79.9. The number of carbonyl (C=O) groups excluding carboxylic acids is 1. The van der Waals surface area contributed by atoms with Gasteiger partial charge in [0, 0.05) is 13.2 Å². The van der Waals surface area contributed by atoms with Gasteiger partial charge in [-0.05, 0) is 52.4 Å². The Kier molecular flexibility index (Phi) is 3.05. The van der Waals surface area contributed by atoms with Gasteiger partial charge in [-0.15, -0.1) is 0 Å². The first kappa shape index (κ1) is 12.6. The summed E-state index contributed by atoms with van der Waals surface area (Å²) in [7, 11) is 1.69. The molecule has 0 aromatic carbocycles. The quantitative estimate of drug-likeness (QED) is 0.842. The number of aromatic nitrogens is 1. The van der Waals surface area contributed by atoms with Crippen molar-refractivity contribution in [3.8, 4) is 0 Å². The molecule has 2 N–H and O–H groups in total. The fourth-order valence-electron chi connectivity index (χ4n) is 2.58. The number of amides is 1. The third-order valence-electron chi connectivity index (χ3n) is 3.79. The standard InChI is InChI=1S/C13H15BrN4O/c1-18-12(19)10(7-2-3-7)11(17-13(18)15)8-4-5-16-9(14)6-8/h4-7,10-11H,2-3H2,1H3,(H2,15,17). The summed E-state index contributed by atoms with van der Waals surface area (Å²) in [6.07, 6.45) is 3.92. The molecule has 0 spiro atoms. The van der Waals surface area contributed by atoms with Crippen molar-refractivity contribution in [2.45, 2.75) is 18.9 Å². The van der Waals surface area contributed by atoms with Crippen molar-refractivity contribution in [3.63, 3.8) is 0 Å². The minimum absolute atomic E-state index is 0.0768. The van der Waals surface area contributed by atoms with Crippen LogP contribution in [-0.4, -0.2) is 28.8 Å². The summed E-state index contributed by atoms with van der Waals surface area (Å²) in [6, 6.07) is 3.63. The van der Waals surface area contributed by atoms with Crippen LogP contribution in [0.15, 0.2) is 27.9 Å². The lowest BCUT2D eigenvalue weighted by Crippen LogP contribution is -2.48. The Balaban J connectivity index is 2.03. The van der Waals surface area contributed by atoms with Crippen LogP contribution in [-0.2, 0) is 4.79 Å². The largest absolute Gasteiger partial charge is 0.369 e. The van der Waals surface area contributed by atoms with Crippen molar-refractivity contribution in [3.05, 3.63) is 28.5 Å². The number of nitrogens with zero attached hydrogens (tertiary/aromatic N) is 3. The van der Waals surface area contributed by atoms with Crippen LogP contribution in [0.4, 0.5) is 0 Å². The average Bonchev–Trinajstić information content (AvgIpc) is 3.20. The lowest BCUT2D eigenvalue weighted by atomic mass is 9.87. The normalized spacial score (nSPS) is 27.4. The van der Waals surface area contributed by atoms with E-state index in [1.165, 1.54) is 4.90 Å². The molecule has 2 unspecified atom stereocenters. The Morgan fingerprint density at radius 2 is 2.21 bits per heavy atom. The molecular weight excluding hydrogens is 308 g/mol. The number of pyridine rings is 1. The van der Waals surface area contributed by atoms with E-state index in [9.17, 15) is 4.79 Å². The number of nitrogens with two attached hydrogens (primary N) is 1. The molecule has 2 heterocycles. The van der Waals surface area contributed by atoms with Crippen LogP contribution < -0.4 is 5.73 Å². The van der Waals surface area contributed by atoms with Gasteiger partial charge in [0.15, 0.2) is 5.96 Å². The molecule has 6 heteroatoms. The average molecular weight is 323 g/mol. The van der Waals surface area contributed by atoms with Gasteiger partial charge in [-0.3, -0.25) is 9.69 Å². The van der Waals surface area contributed by atoms with Crippen molar-refractivity contribution < 1.29 is 4.79 Å². The molecule has 2 aliphatic rings. The molecule has 100 valence electrons. The molecule has 1 aromatic rings. The number of halogens is 1. The summed E-state index contributed by atoms with van der Waals surface area (Å²) in [4.78, 5) is 22.5. The van der Waals surface area contributed by atoms with Gasteiger partial charge in [-0.1, -0.05) is 0 Å². The van der Waals surface area contributed by atoms with Crippen molar-refractivity contribution in [2.24, 2.45) is 22.6 Å².